The van der Waals surface area contributed by atoms with E-state index in [-0.39, 0.29) is 5.41 Å². The van der Waals surface area contributed by atoms with Gasteiger partial charge < -0.3 is 9.80 Å². The van der Waals surface area contributed by atoms with Crippen molar-refractivity contribution in [2.45, 2.75) is 19.3 Å². The fraction of sp³-hybridized carbons (Fsp3) is 0.0526. The van der Waals surface area contributed by atoms with Crippen LogP contribution in [-0.4, -0.2) is 0 Å². The Morgan fingerprint density at radius 3 is 1.51 bits per heavy atom. The first kappa shape index (κ1) is 34.8. The van der Waals surface area contributed by atoms with Gasteiger partial charge in [0.1, 0.15) is 0 Å². The number of fused-ring (bicyclic) bond motifs is 6. The lowest BCUT2D eigenvalue weighted by Crippen LogP contribution is -2.16. The Morgan fingerprint density at radius 2 is 0.780 bits per heavy atom. The van der Waals surface area contributed by atoms with Crippen LogP contribution in [-0.2, 0) is 5.41 Å². The summed E-state index contributed by atoms with van der Waals surface area (Å²) in [6.45, 7) is 4.72. The van der Waals surface area contributed by atoms with Gasteiger partial charge in [-0.25, -0.2) is 0 Å². The van der Waals surface area contributed by atoms with Crippen LogP contribution in [0.4, 0.5) is 34.1 Å². The second kappa shape index (κ2) is 13.9. The highest BCUT2D eigenvalue weighted by Gasteiger charge is 2.36. The third kappa shape index (κ3) is 5.71. The van der Waals surface area contributed by atoms with E-state index >= 15 is 0 Å². The first-order chi connectivity index (χ1) is 29.0. The minimum Gasteiger partial charge on any atom is -0.310 e. The lowest BCUT2D eigenvalue weighted by molar-refractivity contribution is 0.660. The quantitative estimate of drug-likeness (QED) is 0.160. The second-order valence-corrected chi connectivity index (χ2v) is 16.1. The van der Waals surface area contributed by atoms with Crippen molar-refractivity contribution in [2.75, 3.05) is 9.80 Å². The zero-order valence-electron chi connectivity index (χ0n) is 33.2. The van der Waals surface area contributed by atoms with Crippen molar-refractivity contribution < 1.29 is 0 Å². The SMILES string of the molecule is CC1(C)c2ccccc2-c2ccc(N(c3cccc4ccccc34)c3cccc4c(-c5ccc(N(c6ccccc6)c6cccc7ccccc67)cc5)cccc34)cc21. The van der Waals surface area contributed by atoms with Crippen molar-refractivity contribution in [3.8, 4) is 22.3 Å². The molecule has 0 radical (unpaired) electrons. The van der Waals surface area contributed by atoms with Crippen LogP contribution in [0.2, 0.25) is 0 Å². The Balaban J connectivity index is 1.06. The van der Waals surface area contributed by atoms with E-state index in [4.69, 9.17) is 0 Å². The summed E-state index contributed by atoms with van der Waals surface area (Å²) in [7, 11) is 0. The molecule has 0 aromatic heterocycles. The number of benzene rings is 10. The molecule has 1 aliphatic carbocycles. The van der Waals surface area contributed by atoms with Gasteiger partial charge in [-0.2, -0.15) is 0 Å². The van der Waals surface area contributed by atoms with Gasteiger partial charge in [0.25, 0.3) is 0 Å². The molecule has 10 aromatic carbocycles. The fourth-order valence-electron chi connectivity index (χ4n) is 9.58. The van der Waals surface area contributed by atoms with Gasteiger partial charge >= 0.3 is 0 Å². The molecule has 2 heteroatoms. The van der Waals surface area contributed by atoms with E-state index in [0.29, 0.717) is 0 Å². The summed E-state index contributed by atoms with van der Waals surface area (Å²) in [6, 6.07) is 79.9. The molecular formula is C57H42N2. The molecule has 0 saturated heterocycles. The van der Waals surface area contributed by atoms with Gasteiger partial charge in [0.2, 0.25) is 0 Å². The van der Waals surface area contributed by atoms with Gasteiger partial charge in [0.15, 0.2) is 0 Å². The van der Waals surface area contributed by atoms with Gasteiger partial charge in [-0.15, -0.1) is 0 Å². The molecule has 11 rings (SSSR count). The molecule has 59 heavy (non-hydrogen) atoms. The van der Waals surface area contributed by atoms with Gasteiger partial charge in [0.05, 0.1) is 17.1 Å². The van der Waals surface area contributed by atoms with E-state index in [1.807, 2.05) is 0 Å². The maximum atomic E-state index is 2.48. The summed E-state index contributed by atoms with van der Waals surface area (Å²) in [5, 5.41) is 7.29. The lowest BCUT2D eigenvalue weighted by Gasteiger charge is -2.30. The van der Waals surface area contributed by atoms with Crippen LogP contribution in [0.3, 0.4) is 0 Å². The Kier molecular flexibility index (Phi) is 8.20. The van der Waals surface area contributed by atoms with Crippen LogP contribution in [0.25, 0.3) is 54.6 Å². The molecule has 0 spiro atoms. The molecule has 0 fully saturated rings. The summed E-state index contributed by atoms with van der Waals surface area (Å²) in [5.41, 5.74) is 14.5. The van der Waals surface area contributed by atoms with Crippen LogP contribution in [0.1, 0.15) is 25.0 Å². The molecule has 0 heterocycles. The number of nitrogens with zero attached hydrogens (tertiary/aromatic N) is 2. The minimum absolute atomic E-state index is 0.117. The van der Waals surface area contributed by atoms with Crippen LogP contribution < -0.4 is 9.80 Å². The van der Waals surface area contributed by atoms with Crippen molar-refractivity contribution in [1.82, 2.24) is 0 Å². The number of anilines is 6. The van der Waals surface area contributed by atoms with Gasteiger partial charge in [-0.1, -0.05) is 178 Å². The third-order valence-corrected chi connectivity index (χ3v) is 12.4. The summed E-state index contributed by atoms with van der Waals surface area (Å²) >= 11 is 0. The molecule has 0 N–H and O–H groups in total. The van der Waals surface area contributed by atoms with Gasteiger partial charge in [-0.3, -0.25) is 0 Å². The van der Waals surface area contributed by atoms with E-state index in [9.17, 15) is 0 Å². The zero-order chi connectivity index (χ0) is 39.5. The Bertz CT molecular complexity index is 3190. The summed E-state index contributed by atoms with van der Waals surface area (Å²) in [6.07, 6.45) is 0. The molecular weight excluding hydrogens is 713 g/mol. The first-order valence-corrected chi connectivity index (χ1v) is 20.5. The van der Waals surface area contributed by atoms with Crippen molar-refractivity contribution in [2.24, 2.45) is 0 Å². The number of para-hydroxylation sites is 1. The number of hydrogen-bond donors (Lipinski definition) is 0. The third-order valence-electron chi connectivity index (χ3n) is 12.4. The van der Waals surface area contributed by atoms with Crippen LogP contribution >= 0.6 is 0 Å². The van der Waals surface area contributed by atoms with Crippen LogP contribution in [0.15, 0.2) is 218 Å². The largest absolute Gasteiger partial charge is 0.310 e. The first-order valence-electron chi connectivity index (χ1n) is 20.5. The van der Waals surface area contributed by atoms with Crippen molar-refractivity contribution in [1.29, 1.82) is 0 Å². The van der Waals surface area contributed by atoms with Crippen molar-refractivity contribution in [3.63, 3.8) is 0 Å². The van der Waals surface area contributed by atoms with E-state index in [1.165, 1.54) is 65.7 Å². The maximum Gasteiger partial charge on any atom is 0.0540 e. The molecule has 1 aliphatic rings. The summed E-state index contributed by atoms with van der Waals surface area (Å²) in [5.74, 6) is 0. The standard InChI is InChI=1S/C57H42N2/c1-57(2)52-28-11-10-24-49(52)50-37-36-44(38-53(50)57)59(55-30-13-19-40-17-7-9-23-47(40)55)56-31-15-26-48-45(25-14-27-51(48)56)41-32-34-43(35-33-41)58(42-20-4-3-5-21-42)54-29-12-18-39-16-6-8-22-46(39)54/h3-38H,1-2H3. The van der Waals surface area contributed by atoms with Gasteiger partial charge in [0, 0.05) is 38.6 Å². The number of hydrogen-bond acceptors (Lipinski definition) is 2. The molecule has 0 aliphatic heterocycles. The fourth-order valence-corrected chi connectivity index (χ4v) is 9.58. The maximum absolute atomic E-state index is 2.48. The zero-order valence-corrected chi connectivity index (χ0v) is 33.2. The molecule has 0 bridgehead atoms. The second-order valence-electron chi connectivity index (χ2n) is 16.1. The molecule has 2 nitrogen and oxygen atoms in total. The smallest absolute Gasteiger partial charge is 0.0540 e. The van der Waals surface area contributed by atoms with Crippen molar-refractivity contribution >= 4 is 66.4 Å². The predicted octanol–water partition coefficient (Wildman–Crippen LogP) is 16.1. The Labute approximate surface area is 345 Å². The monoisotopic (exact) mass is 754 g/mol. The molecule has 280 valence electrons. The van der Waals surface area contributed by atoms with E-state index in [1.54, 1.807) is 0 Å². The summed E-state index contributed by atoms with van der Waals surface area (Å²) < 4.78 is 0. The Morgan fingerprint density at radius 1 is 0.305 bits per heavy atom. The normalized spacial score (nSPS) is 12.7. The molecule has 10 aromatic rings. The predicted molar refractivity (Wildman–Crippen MR) is 251 cm³/mol. The molecule has 0 amide bonds. The molecule has 0 atom stereocenters. The Hall–Kier alpha value is -7.42. The molecule has 0 unspecified atom stereocenters. The summed E-state index contributed by atoms with van der Waals surface area (Å²) in [4.78, 5) is 4.85. The topological polar surface area (TPSA) is 6.48 Å². The highest BCUT2D eigenvalue weighted by atomic mass is 15.1. The average Bonchev–Trinajstić information content (AvgIpc) is 3.52. The van der Waals surface area contributed by atoms with E-state index in [0.717, 1.165) is 34.1 Å². The average molecular weight is 755 g/mol. The van der Waals surface area contributed by atoms with E-state index < -0.39 is 0 Å². The highest BCUT2D eigenvalue weighted by molar-refractivity contribution is 6.09. The highest BCUT2D eigenvalue weighted by Crippen LogP contribution is 2.52. The van der Waals surface area contributed by atoms with Crippen LogP contribution in [0, 0.1) is 0 Å². The van der Waals surface area contributed by atoms with Gasteiger partial charge in [-0.05, 0) is 104 Å². The lowest BCUT2D eigenvalue weighted by atomic mass is 9.82. The van der Waals surface area contributed by atoms with E-state index in [2.05, 4.69) is 242 Å². The van der Waals surface area contributed by atoms with Crippen LogP contribution in [0.5, 0.6) is 0 Å². The number of rotatable bonds is 7. The molecule has 0 saturated carbocycles. The minimum atomic E-state index is -0.117. The van der Waals surface area contributed by atoms with Crippen molar-refractivity contribution in [3.05, 3.63) is 230 Å².